The number of nitrogens with one attached hydrogen (secondary N) is 2. The third-order valence-corrected chi connectivity index (χ3v) is 2.81. The van der Waals surface area contributed by atoms with E-state index in [-0.39, 0.29) is 23.7 Å². The zero-order chi connectivity index (χ0) is 16.2. The van der Waals surface area contributed by atoms with Gasteiger partial charge in [0.1, 0.15) is 0 Å². The van der Waals surface area contributed by atoms with Crippen LogP contribution in [0.15, 0.2) is 18.2 Å². The smallest absolute Gasteiger partial charge is 0.337 e. The van der Waals surface area contributed by atoms with Crippen LogP contribution in [0.25, 0.3) is 0 Å². The number of carboxylic acid groups (broad SMARTS) is 1. The van der Waals surface area contributed by atoms with Crippen molar-refractivity contribution in [3.8, 4) is 0 Å². The third kappa shape index (κ3) is 5.07. The lowest BCUT2D eigenvalue weighted by molar-refractivity contribution is -0.130. The SMILES string of the molecule is CC(C)(C)C(=O)NCC(=O)Nc1cc(Cl)ccc1C(=O)O. The number of carboxylic acids is 1. The standard InChI is InChI=1S/C14H17ClN2O4/c1-14(2,3)13(21)16-7-11(18)17-10-6-8(15)4-5-9(10)12(19)20/h4-6H,7H2,1-3H3,(H,16,21)(H,17,18)(H,19,20). The van der Waals surface area contributed by atoms with Crippen LogP contribution in [0.3, 0.4) is 0 Å². The Morgan fingerprint density at radius 3 is 2.38 bits per heavy atom. The van der Waals surface area contributed by atoms with Gasteiger partial charge in [-0.3, -0.25) is 9.59 Å². The van der Waals surface area contributed by atoms with Crippen LogP contribution in [0.4, 0.5) is 5.69 Å². The van der Waals surface area contributed by atoms with Gasteiger partial charge in [0.15, 0.2) is 0 Å². The first kappa shape index (κ1) is 17.0. The highest BCUT2D eigenvalue weighted by Gasteiger charge is 2.21. The lowest BCUT2D eigenvalue weighted by atomic mass is 9.96. The molecule has 0 bridgehead atoms. The molecule has 0 radical (unpaired) electrons. The number of anilines is 1. The zero-order valence-electron chi connectivity index (χ0n) is 12.0. The number of carbonyl (C=O) groups excluding carboxylic acids is 2. The van der Waals surface area contributed by atoms with Gasteiger partial charge in [0.25, 0.3) is 0 Å². The second-order valence-electron chi connectivity index (χ2n) is 5.48. The number of hydrogen-bond donors (Lipinski definition) is 3. The van der Waals surface area contributed by atoms with Crippen LogP contribution < -0.4 is 10.6 Å². The van der Waals surface area contributed by atoms with Gasteiger partial charge in [-0.05, 0) is 18.2 Å². The zero-order valence-corrected chi connectivity index (χ0v) is 12.7. The van der Waals surface area contributed by atoms with E-state index in [1.807, 2.05) is 0 Å². The highest BCUT2D eigenvalue weighted by molar-refractivity contribution is 6.31. The maximum Gasteiger partial charge on any atom is 0.337 e. The molecule has 0 unspecified atom stereocenters. The molecule has 21 heavy (non-hydrogen) atoms. The Balaban J connectivity index is 2.74. The van der Waals surface area contributed by atoms with E-state index < -0.39 is 17.3 Å². The molecule has 7 heteroatoms. The minimum Gasteiger partial charge on any atom is -0.478 e. The van der Waals surface area contributed by atoms with Gasteiger partial charge in [0, 0.05) is 10.4 Å². The summed E-state index contributed by atoms with van der Waals surface area (Å²) >= 11 is 5.78. The molecule has 0 fully saturated rings. The Morgan fingerprint density at radius 2 is 1.86 bits per heavy atom. The second-order valence-corrected chi connectivity index (χ2v) is 5.91. The van der Waals surface area contributed by atoms with Crippen molar-refractivity contribution in [1.82, 2.24) is 5.32 Å². The number of carbonyl (C=O) groups is 3. The minimum absolute atomic E-state index is 0.0742. The molecule has 0 saturated carbocycles. The molecule has 0 atom stereocenters. The summed E-state index contributed by atoms with van der Waals surface area (Å²) in [6, 6.07) is 4.06. The number of hydrogen-bond acceptors (Lipinski definition) is 3. The van der Waals surface area contributed by atoms with E-state index in [2.05, 4.69) is 10.6 Å². The number of rotatable bonds is 4. The molecule has 0 aliphatic heterocycles. The monoisotopic (exact) mass is 312 g/mol. The van der Waals surface area contributed by atoms with Crippen molar-refractivity contribution in [2.24, 2.45) is 5.41 Å². The highest BCUT2D eigenvalue weighted by atomic mass is 35.5. The summed E-state index contributed by atoms with van der Waals surface area (Å²) in [5, 5.41) is 14.2. The average Bonchev–Trinajstić information content (AvgIpc) is 2.34. The summed E-state index contributed by atoms with van der Waals surface area (Å²) in [5.41, 5.74) is -0.595. The van der Waals surface area contributed by atoms with Gasteiger partial charge < -0.3 is 15.7 Å². The second kappa shape index (κ2) is 6.58. The number of halogens is 1. The molecule has 0 aromatic heterocycles. The van der Waals surface area contributed by atoms with Crippen molar-refractivity contribution in [2.75, 3.05) is 11.9 Å². The summed E-state index contributed by atoms with van der Waals surface area (Å²) in [7, 11) is 0. The van der Waals surface area contributed by atoms with Gasteiger partial charge in [-0.15, -0.1) is 0 Å². The molecule has 3 N–H and O–H groups in total. The molecule has 0 spiro atoms. The van der Waals surface area contributed by atoms with Gasteiger partial charge in [0.05, 0.1) is 17.8 Å². The Morgan fingerprint density at radius 1 is 1.24 bits per heavy atom. The van der Waals surface area contributed by atoms with Crippen LogP contribution in [0, 0.1) is 5.41 Å². The lowest BCUT2D eigenvalue weighted by Gasteiger charge is -2.17. The Bertz CT molecular complexity index is 579. The van der Waals surface area contributed by atoms with E-state index >= 15 is 0 Å². The highest BCUT2D eigenvalue weighted by Crippen LogP contribution is 2.21. The molecule has 1 aromatic carbocycles. The van der Waals surface area contributed by atoms with Crippen LogP contribution in [0.1, 0.15) is 31.1 Å². The maximum atomic E-state index is 11.8. The number of benzene rings is 1. The number of amides is 2. The summed E-state index contributed by atoms with van der Waals surface area (Å²) in [5.74, 6) is -1.99. The predicted molar refractivity (Wildman–Crippen MR) is 79.5 cm³/mol. The Kier molecular flexibility index (Phi) is 5.32. The van der Waals surface area contributed by atoms with E-state index in [1.54, 1.807) is 20.8 Å². The summed E-state index contributed by atoms with van der Waals surface area (Å²) in [4.78, 5) is 34.5. The third-order valence-electron chi connectivity index (χ3n) is 2.58. The fraction of sp³-hybridized carbons (Fsp3) is 0.357. The van der Waals surface area contributed by atoms with Crippen molar-refractivity contribution < 1.29 is 19.5 Å². The van der Waals surface area contributed by atoms with Gasteiger partial charge in [0.2, 0.25) is 11.8 Å². The van der Waals surface area contributed by atoms with Crippen LogP contribution in [-0.4, -0.2) is 29.4 Å². The normalized spacial score (nSPS) is 10.9. The quantitative estimate of drug-likeness (QED) is 0.793. The molecular weight excluding hydrogens is 296 g/mol. The summed E-state index contributed by atoms with van der Waals surface area (Å²) in [6.07, 6.45) is 0. The molecule has 1 rings (SSSR count). The Labute approximate surface area is 127 Å². The minimum atomic E-state index is -1.18. The molecule has 0 heterocycles. The average molecular weight is 313 g/mol. The van der Waals surface area contributed by atoms with E-state index in [9.17, 15) is 14.4 Å². The lowest BCUT2D eigenvalue weighted by Crippen LogP contribution is -2.39. The van der Waals surface area contributed by atoms with Gasteiger partial charge in [-0.1, -0.05) is 32.4 Å². The molecule has 0 aliphatic rings. The van der Waals surface area contributed by atoms with Gasteiger partial charge in [-0.25, -0.2) is 4.79 Å². The van der Waals surface area contributed by atoms with Crippen molar-refractivity contribution in [2.45, 2.75) is 20.8 Å². The van der Waals surface area contributed by atoms with Crippen LogP contribution in [-0.2, 0) is 9.59 Å². The van der Waals surface area contributed by atoms with Crippen molar-refractivity contribution in [3.63, 3.8) is 0 Å². The largest absolute Gasteiger partial charge is 0.478 e. The van der Waals surface area contributed by atoms with Crippen LogP contribution in [0.2, 0.25) is 5.02 Å². The molecule has 0 aliphatic carbocycles. The molecule has 114 valence electrons. The molecular formula is C14H17ClN2O4. The predicted octanol–water partition coefficient (Wildman–Crippen LogP) is 2.14. The van der Waals surface area contributed by atoms with Crippen LogP contribution >= 0.6 is 11.6 Å². The molecule has 6 nitrogen and oxygen atoms in total. The van der Waals surface area contributed by atoms with Gasteiger partial charge >= 0.3 is 5.97 Å². The topological polar surface area (TPSA) is 95.5 Å². The number of aromatic carboxylic acids is 1. The van der Waals surface area contributed by atoms with E-state index in [0.29, 0.717) is 5.02 Å². The summed E-state index contributed by atoms with van der Waals surface area (Å²) < 4.78 is 0. The summed E-state index contributed by atoms with van der Waals surface area (Å²) in [6.45, 7) is 4.92. The maximum absolute atomic E-state index is 11.8. The van der Waals surface area contributed by atoms with Crippen molar-refractivity contribution in [3.05, 3.63) is 28.8 Å². The molecule has 2 amide bonds. The van der Waals surface area contributed by atoms with E-state index in [4.69, 9.17) is 16.7 Å². The first-order valence-electron chi connectivity index (χ1n) is 6.22. The van der Waals surface area contributed by atoms with Crippen molar-refractivity contribution in [1.29, 1.82) is 0 Å². The molecule has 1 aromatic rings. The Hall–Kier alpha value is -2.08. The van der Waals surface area contributed by atoms with Crippen molar-refractivity contribution >= 4 is 35.1 Å². The van der Waals surface area contributed by atoms with E-state index in [1.165, 1.54) is 18.2 Å². The fourth-order valence-electron chi connectivity index (χ4n) is 1.43. The van der Waals surface area contributed by atoms with Crippen LogP contribution in [0.5, 0.6) is 0 Å². The first-order chi connectivity index (χ1) is 9.61. The fourth-order valence-corrected chi connectivity index (χ4v) is 1.60. The first-order valence-corrected chi connectivity index (χ1v) is 6.60. The van der Waals surface area contributed by atoms with Gasteiger partial charge in [-0.2, -0.15) is 0 Å². The van der Waals surface area contributed by atoms with E-state index in [0.717, 1.165) is 0 Å². The molecule has 0 saturated heterocycles.